The summed E-state index contributed by atoms with van der Waals surface area (Å²) in [5.41, 5.74) is 4.20. The molecule has 7 nitrogen and oxygen atoms in total. The Bertz CT molecular complexity index is 650. The van der Waals surface area contributed by atoms with Crippen LogP contribution in [0.3, 0.4) is 0 Å². The average molecular weight is 331 g/mol. The van der Waals surface area contributed by atoms with Crippen LogP contribution in [0.5, 0.6) is 0 Å². The van der Waals surface area contributed by atoms with Crippen LogP contribution in [0.2, 0.25) is 0 Å². The fourth-order valence-corrected chi connectivity index (χ4v) is 2.39. The van der Waals surface area contributed by atoms with Crippen molar-refractivity contribution in [2.45, 2.75) is 17.2 Å². The third-order valence-corrected chi connectivity index (χ3v) is 3.79. The zero-order valence-corrected chi connectivity index (χ0v) is 10.9. The Morgan fingerprint density at radius 3 is 2.38 bits per heavy atom. The Kier molecular flexibility index (Phi) is 4.73. The van der Waals surface area contributed by atoms with Gasteiger partial charge in [0.15, 0.2) is 0 Å². The summed E-state index contributed by atoms with van der Waals surface area (Å²) >= 11 is 0. The SMILES string of the molecule is Nc1cc([N+](=O)[O-])ccc1S(=O)(=O)NCC(F)(F)C(F)F. The number of halogens is 4. The van der Waals surface area contributed by atoms with E-state index >= 15 is 0 Å². The predicted molar refractivity (Wildman–Crippen MR) is 63.6 cm³/mol. The molecule has 0 spiro atoms. The lowest BCUT2D eigenvalue weighted by Gasteiger charge is -2.16. The summed E-state index contributed by atoms with van der Waals surface area (Å²) in [6, 6.07) is 2.21. The molecule has 1 aromatic carbocycles. The molecule has 0 amide bonds. The Hall–Kier alpha value is -1.95. The van der Waals surface area contributed by atoms with E-state index in [4.69, 9.17) is 5.73 Å². The van der Waals surface area contributed by atoms with Gasteiger partial charge in [-0.25, -0.2) is 21.9 Å². The van der Waals surface area contributed by atoms with Crippen molar-refractivity contribution in [1.82, 2.24) is 4.72 Å². The largest absolute Gasteiger partial charge is 0.397 e. The first-order valence-electron chi connectivity index (χ1n) is 5.17. The van der Waals surface area contributed by atoms with Gasteiger partial charge >= 0.3 is 12.3 Å². The van der Waals surface area contributed by atoms with Gasteiger partial charge in [0, 0.05) is 12.1 Å². The van der Waals surface area contributed by atoms with Crippen LogP contribution in [0.1, 0.15) is 0 Å². The van der Waals surface area contributed by atoms with E-state index in [1.165, 1.54) is 4.72 Å². The van der Waals surface area contributed by atoms with Crippen molar-refractivity contribution in [3.05, 3.63) is 28.3 Å². The van der Waals surface area contributed by atoms with E-state index in [-0.39, 0.29) is 0 Å². The first-order chi connectivity index (χ1) is 9.47. The zero-order chi connectivity index (χ0) is 16.4. The fraction of sp³-hybridized carbons (Fsp3) is 0.333. The topological polar surface area (TPSA) is 115 Å². The average Bonchev–Trinajstić information content (AvgIpc) is 2.36. The summed E-state index contributed by atoms with van der Waals surface area (Å²) in [5.74, 6) is -4.55. The number of nitro benzene ring substituents is 1. The van der Waals surface area contributed by atoms with Crippen LogP contribution in [-0.4, -0.2) is 32.2 Å². The number of non-ortho nitro benzene ring substituents is 1. The molecule has 3 N–H and O–H groups in total. The van der Waals surface area contributed by atoms with Crippen molar-refractivity contribution < 1.29 is 30.9 Å². The molecule has 0 atom stereocenters. The molecule has 0 aliphatic carbocycles. The highest BCUT2D eigenvalue weighted by Crippen LogP contribution is 2.25. The molecule has 21 heavy (non-hydrogen) atoms. The molecular formula is C9H9F4N3O4S. The van der Waals surface area contributed by atoms with Crippen LogP contribution < -0.4 is 10.5 Å². The lowest BCUT2D eigenvalue weighted by molar-refractivity contribution is -0.384. The number of anilines is 1. The van der Waals surface area contributed by atoms with E-state index in [2.05, 4.69) is 0 Å². The number of nitrogens with zero attached hydrogens (tertiary/aromatic N) is 1. The Morgan fingerprint density at radius 1 is 1.38 bits per heavy atom. The number of hydrogen-bond donors (Lipinski definition) is 2. The lowest BCUT2D eigenvalue weighted by atomic mass is 10.3. The molecule has 0 saturated heterocycles. The lowest BCUT2D eigenvalue weighted by Crippen LogP contribution is -2.41. The molecule has 0 heterocycles. The maximum Gasteiger partial charge on any atom is 0.320 e. The third kappa shape index (κ3) is 4.01. The van der Waals surface area contributed by atoms with Gasteiger partial charge in [-0.1, -0.05) is 0 Å². The predicted octanol–water partition coefficient (Wildman–Crippen LogP) is 1.36. The Labute approximate surface area is 115 Å². The molecule has 0 radical (unpaired) electrons. The minimum Gasteiger partial charge on any atom is -0.397 e. The van der Waals surface area contributed by atoms with Crippen LogP contribution in [-0.2, 0) is 10.0 Å². The van der Waals surface area contributed by atoms with Crippen LogP contribution in [0, 0.1) is 10.1 Å². The van der Waals surface area contributed by atoms with E-state index in [0.717, 1.165) is 12.1 Å². The number of nitrogen functional groups attached to an aromatic ring is 1. The van der Waals surface area contributed by atoms with Gasteiger partial charge in [-0.2, -0.15) is 8.78 Å². The van der Waals surface area contributed by atoms with Crippen molar-refractivity contribution in [1.29, 1.82) is 0 Å². The highest BCUT2D eigenvalue weighted by molar-refractivity contribution is 7.89. The van der Waals surface area contributed by atoms with Gasteiger partial charge in [0.05, 0.1) is 17.2 Å². The van der Waals surface area contributed by atoms with Crippen molar-refractivity contribution >= 4 is 21.4 Å². The van der Waals surface area contributed by atoms with Crippen LogP contribution in [0.4, 0.5) is 28.9 Å². The van der Waals surface area contributed by atoms with Gasteiger partial charge in [0.2, 0.25) is 10.0 Å². The molecule has 0 aliphatic rings. The van der Waals surface area contributed by atoms with Crippen molar-refractivity contribution in [3.63, 3.8) is 0 Å². The van der Waals surface area contributed by atoms with Gasteiger partial charge in [0.25, 0.3) is 5.69 Å². The van der Waals surface area contributed by atoms with Gasteiger partial charge < -0.3 is 5.73 Å². The van der Waals surface area contributed by atoms with Gasteiger partial charge in [-0.3, -0.25) is 10.1 Å². The molecule has 0 fully saturated rings. The monoisotopic (exact) mass is 331 g/mol. The molecule has 0 saturated carbocycles. The van der Waals surface area contributed by atoms with Crippen molar-refractivity contribution in [2.24, 2.45) is 0 Å². The summed E-state index contributed by atoms with van der Waals surface area (Å²) in [6.07, 6.45) is -4.05. The highest BCUT2D eigenvalue weighted by Gasteiger charge is 2.41. The minimum absolute atomic E-state index is 0.510. The second-order valence-electron chi connectivity index (χ2n) is 3.87. The highest BCUT2D eigenvalue weighted by atomic mass is 32.2. The summed E-state index contributed by atoms with van der Waals surface area (Å²) in [6.45, 7) is -1.83. The molecule has 0 aromatic heterocycles. The quantitative estimate of drug-likeness (QED) is 0.353. The molecule has 1 rings (SSSR count). The number of rotatable bonds is 6. The zero-order valence-electron chi connectivity index (χ0n) is 10.1. The van der Waals surface area contributed by atoms with E-state index in [0.29, 0.717) is 6.07 Å². The van der Waals surface area contributed by atoms with Gasteiger partial charge in [0.1, 0.15) is 4.90 Å². The van der Waals surface area contributed by atoms with Crippen LogP contribution in [0.25, 0.3) is 0 Å². The number of hydrogen-bond acceptors (Lipinski definition) is 5. The molecule has 0 unspecified atom stereocenters. The molecule has 118 valence electrons. The summed E-state index contributed by atoms with van der Waals surface area (Å²) < 4.78 is 73.8. The summed E-state index contributed by atoms with van der Waals surface area (Å²) in [5, 5.41) is 10.4. The minimum atomic E-state index is -4.61. The molecule has 12 heteroatoms. The Morgan fingerprint density at radius 2 is 1.95 bits per heavy atom. The molecular weight excluding hydrogens is 322 g/mol. The second kappa shape index (κ2) is 5.81. The second-order valence-corrected chi connectivity index (χ2v) is 5.60. The first kappa shape index (κ1) is 17.1. The number of benzene rings is 1. The van der Waals surface area contributed by atoms with E-state index in [1.54, 1.807) is 0 Å². The number of nitro groups is 1. The van der Waals surface area contributed by atoms with Crippen LogP contribution >= 0.6 is 0 Å². The van der Waals surface area contributed by atoms with Gasteiger partial charge in [-0.15, -0.1) is 0 Å². The molecule has 1 aromatic rings. The third-order valence-electron chi connectivity index (χ3n) is 2.31. The van der Waals surface area contributed by atoms with E-state index < -0.39 is 50.1 Å². The van der Waals surface area contributed by atoms with Crippen LogP contribution in [0.15, 0.2) is 23.1 Å². The summed E-state index contributed by atoms with van der Waals surface area (Å²) in [7, 11) is -4.61. The molecule has 0 aliphatic heterocycles. The standard InChI is InChI=1S/C9H9F4N3O4S/c10-8(11)9(12,13)4-15-21(19,20)7-2-1-5(16(17)18)3-6(7)14/h1-3,8,15H,4,14H2. The summed E-state index contributed by atoms with van der Waals surface area (Å²) in [4.78, 5) is 8.88. The number of nitrogens with two attached hydrogens (primary N) is 1. The molecule has 0 bridgehead atoms. The van der Waals surface area contributed by atoms with Crippen molar-refractivity contribution in [3.8, 4) is 0 Å². The van der Waals surface area contributed by atoms with Crippen molar-refractivity contribution in [2.75, 3.05) is 12.3 Å². The number of sulfonamides is 1. The number of nitrogens with one attached hydrogen (secondary N) is 1. The maximum atomic E-state index is 12.7. The van der Waals surface area contributed by atoms with Gasteiger partial charge in [-0.05, 0) is 6.07 Å². The first-order valence-corrected chi connectivity index (χ1v) is 6.65. The Balaban J connectivity index is 3.02. The normalized spacial score (nSPS) is 12.6. The van der Waals surface area contributed by atoms with E-state index in [9.17, 15) is 36.1 Å². The fourth-order valence-electron chi connectivity index (χ4n) is 1.24. The smallest absolute Gasteiger partial charge is 0.320 e. The maximum absolute atomic E-state index is 12.7. The van der Waals surface area contributed by atoms with E-state index in [1.807, 2.05) is 0 Å². The number of alkyl halides is 4.